The maximum Gasteiger partial charge on any atom is 0.0462 e. The molecule has 1 aliphatic carbocycles. The van der Waals surface area contributed by atoms with Crippen LogP contribution in [0.15, 0.2) is 18.2 Å². The van der Waals surface area contributed by atoms with Crippen LogP contribution in [0, 0.1) is 19.8 Å². The molecule has 1 aromatic rings. The number of benzene rings is 1. The Morgan fingerprint density at radius 2 is 1.95 bits per heavy atom. The first-order valence-corrected chi connectivity index (χ1v) is 7.74. The first-order valence-electron chi connectivity index (χ1n) is 7.74. The third-order valence-electron chi connectivity index (χ3n) is 4.59. The molecule has 1 unspecified atom stereocenters. The lowest BCUT2D eigenvalue weighted by Gasteiger charge is -2.25. The number of hydrazine groups is 1. The Morgan fingerprint density at radius 1 is 1.21 bits per heavy atom. The van der Waals surface area contributed by atoms with Crippen molar-refractivity contribution in [1.82, 2.24) is 5.43 Å². The Labute approximate surface area is 117 Å². The Balaban J connectivity index is 1.95. The summed E-state index contributed by atoms with van der Waals surface area (Å²) in [6, 6.07) is 6.98. The molecule has 1 aliphatic rings. The van der Waals surface area contributed by atoms with Gasteiger partial charge in [-0.15, -0.1) is 0 Å². The highest BCUT2D eigenvalue weighted by Crippen LogP contribution is 2.31. The second-order valence-electron chi connectivity index (χ2n) is 6.16. The quantitative estimate of drug-likeness (QED) is 0.616. The Bertz CT molecular complexity index is 394. The van der Waals surface area contributed by atoms with Crippen molar-refractivity contribution in [3.63, 3.8) is 0 Å². The molecule has 106 valence electrons. The van der Waals surface area contributed by atoms with Crippen molar-refractivity contribution in [2.45, 2.75) is 64.8 Å². The van der Waals surface area contributed by atoms with Crippen molar-refractivity contribution in [3.8, 4) is 0 Å². The highest BCUT2D eigenvalue weighted by Gasteiger charge is 2.17. The van der Waals surface area contributed by atoms with Crippen LogP contribution in [0.1, 0.15) is 67.7 Å². The number of rotatable bonds is 5. The Kier molecular flexibility index (Phi) is 5.41. The minimum atomic E-state index is 0.308. The van der Waals surface area contributed by atoms with Crippen LogP contribution in [0.2, 0.25) is 0 Å². The molecule has 1 fully saturated rings. The molecule has 1 saturated carbocycles. The summed E-state index contributed by atoms with van der Waals surface area (Å²) < 4.78 is 0. The predicted molar refractivity (Wildman–Crippen MR) is 81.8 cm³/mol. The monoisotopic (exact) mass is 260 g/mol. The summed E-state index contributed by atoms with van der Waals surface area (Å²) in [6.07, 6.45) is 9.59. The standard InChI is InChI=1S/C17H28N2/c1-13-8-10-16(14(2)12-13)17(19-18)11-9-15-6-4-3-5-7-15/h8,10,12,15,17,19H,3-7,9,11,18H2,1-2H3. The zero-order chi connectivity index (χ0) is 13.7. The maximum absolute atomic E-state index is 5.78. The predicted octanol–water partition coefficient (Wildman–Crippen LogP) is 4.17. The van der Waals surface area contributed by atoms with Gasteiger partial charge >= 0.3 is 0 Å². The average Bonchev–Trinajstić information content (AvgIpc) is 2.42. The molecule has 0 bridgehead atoms. The van der Waals surface area contributed by atoms with E-state index in [0.717, 1.165) is 12.3 Å². The van der Waals surface area contributed by atoms with Crippen molar-refractivity contribution in [1.29, 1.82) is 0 Å². The van der Waals surface area contributed by atoms with E-state index in [2.05, 4.69) is 37.5 Å². The number of hydrogen-bond donors (Lipinski definition) is 2. The molecule has 0 aliphatic heterocycles. The molecular weight excluding hydrogens is 232 g/mol. The third kappa shape index (κ3) is 4.05. The maximum atomic E-state index is 5.78. The van der Waals surface area contributed by atoms with E-state index in [4.69, 9.17) is 5.84 Å². The lowest BCUT2D eigenvalue weighted by molar-refractivity contribution is 0.314. The normalized spacial score (nSPS) is 18.5. The van der Waals surface area contributed by atoms with Crippen molar-refractivity contribution in [2.24, 2.45) is 11.8 Å². The zero-order valence-corrected chi connectivity index (χ0v) is 12.4. The summed E-state index contributed by atoms with van der Waals surface area (Å²) in [5, 5.41) is 0. The molecule has 0 saturated heterocycles. The molecule has 0 spiro atoms. The summed E-state index contributed by atoms with van der Waals surface area (Å²) in [7, 11) is 0. The lowest BCUT2D eigenvalue weighted by atomic mass is 9.84. The summed E-state index contributed by atoms with van der Waals surface area (Å²) in [5.74, 6) is 6.70. The molecule has 3 N–H and O–H groups in total. The van der Waals surface area contributed by atoms with Crippen LogP contribution >= 0.6 is 0 Å². The van der Waals surface area contributed by atoms with Gasteiger partial charge in [0.2, 0.25) is 0 Å². The molecule has 2 rings (SSSR count). The molecule has 0 radical (unpaired) electrons. The molecule has 0 amide bonds. The number of nitrogens with one attached hydrogen (secondary N) is 1. The molecule has 19 heavy (non-hydrogen) atoms. The van der Waals surface area contributed by atoms with Gasteiger partial charge in [0.25, 0.3) is 0 Å². The van der Waals surface area contributed by atoms with Gasteiger partial charge in [-0.25, -0.2) is 0 Å². The molecule has 2 nitrogen and oxygen atoms in total. The molecule has 0 aromatic heterocycles. The molecule has 1 atom stereocenters. The summed E-state index contributed by atoms with van der Waals surface area (Å²) in [5.41, 5.74) is 7.06. The number of hydrogen-bond acceptors (Lipinski definition) is 2. The van der Waals surface area contributed by atoms with Crippen molar-refractivity contribution >= 4 is 0 Å². The fourth-order valence-corrected chi connectivity index (χ4v) is 3.42. The highest BCUT2D eigenvalue weighted by atomic mass is 15.2. The smallest absolute Gasteiger partial charge is 0.0462 e. The van der Waals surface area contributed by atoms with Crippen LogP contribution in [0.25, 0.3) is 0 Å². The van der Waals surface area contributed by atoms with Crippen LogP contribution in [0.3, 0.4) is 0 Å². The van der Waals surface area contributed by atoms with E-state index in [1.165, 1.54) is 55.2 Å². The third-order valence-corrected chi connectivity index (χ3v) is 4.59. The second-order valence-corrected chi connectivity index (χ2v) is 6.16. The van der Waals surface area contributed by atoms with Gasteiger partial charge < -0.3 is 0 Å². The average molecular weight is 260 g/mol. The Morgan fingerprint density at radius 3 is 2.58 bits per heavy atom. The number of aryl methyl sites for hydroxylation is 2. The van der Waals surface area contributed by atoms with Gasteiger partial charge in [-0.2, -0.15) is 0 Å². The lowest BCUT2D eigenvalue weighted by Crippen LogP contribution is -2.29. The second kappa shape index (κ2) is 7.06. The van der Waals surface area contributed by atoms with Gasteiger partial charge in [-0.05, 0) is 43.7 Å². The minimum absolute atomic E-state index is 0.308. The van der Waals surface area contributed by atoms with Gasteiger partial charge in [0, 0.05) is 6.04 Å². The molecule has 0 heterocycles. The first kappa shape index (κ1) is 14.5. The van der Waals surface area contributed by atoms with E-state index in [1.54, 1.807) is 0 Å². The molecule has 1 aromatic carbocycles. The van der Waals surface area contributed by atoms with E-state index in [1.807, 2.05) is 0 Å². The first-order chi connectivity index (χ1) is 9.20. The fourth-order valence-electron chi connectivity index (χ4n) is 3.42. The summed E-state index contributed by atoms with van der Waals surface area (Å²) in [6.45, 7) is 4.33. The van der Waals surface area contributed by atoms with E-state index in [9.17, 15) is 0 Å². The molecule has 2 heteroatoms. The SMILES string of the molecule is Cc1ccc(C(CCC2CCCCC2)NN)c(C)c1. The fraction of sp³-hybridized carbons (Fsp3) is 0.647. The van der Waals surface area contributed by atoms with Crippen LogP contribution in [0.4, 0.5) is 0 Å². The highest BCUT2D eigenvalue weighted by molar-refractivity contribution is 5.32. The van der Waals surface area contributed by atoms with Crippen molar-refractivity contribution in [2.75, 3.05) is 0 Å². The molecular formula is C17H28N2. The van der Waals surface area contributed by atoms with Crippen molar-refractivity contribution in [3.05, 3.63) is 34.9 Å². The minimum Gasteiger partial charge on any atom is -0.271 e. The van der Waals surface area contributed by atoms with Crippen LogP contribution in [0.5, 0.6) is 0 Å². The summed E-state index contributed by atoms with van der Waals surface area (Å²) >= 11 is 0. The van der Waals surface area contributed by atoms with E-state index < -0.39 is 0 Å². The van der Waals surface area contributed by atoms with Crippen LogP contribution < -0.4 is 11.3 Å². The van der Waals surface area contributed by atoms with E-state index in [0.29, 0.717) is 6.04 Å². The number of nitrogens with two attached hydrogens (primary N) is 1. The zero-order valence-electron chi connectivity index (χ0n) is 12.4. The van der Waals surface area contributed by atoms with Gasteiger partial charge in [-0.1, -0.05) is 55.9 Å². The van der Waals surface area contributed by atoms with Gasteiger partial charge in [0.05, 0.1) is 0 Å². The van der Waals surface area contributed by atoms with E-state index in [-0.39, 0.29) is 0 Å². The topological polar surface area (TPSA) is 38.0 Å². The van der Waals surface area contributed by atoms with E-state index >= 15 is 0 Å². The van der Waals surface area contributed by atoms with Gasteiger partial charge in [0.15, 0.2) is 0 Å². The van der Waals surface area contributed by atoms with Gasteiger partial charge in [0.1, 0.15) is 0 Å². The van der Waals surface area contributed by atoms with Crippen LogP contribution in [-0.2, 0) is 0 Å². The Hall–Kier alpha value is -0.860. The summed E-state index contributed by atoms with van der Waals surface area (Å²) in [4.78, 5) is 0. The van der Waals surface area contributed by atoms with Crippen LogP contribution in [-0.4, -0.2) is 0 Å². The van der Waals surface area contributed by atoms with Gasteiger partial charge in [-0.3, -0.25) is 11.3 Å². The van der Waals surface area contributed by atoms with Crippen molar-refractivity contribution < 1.29 is 0 Å². The largest absolute Gasteiger partial charge is 0.271 e.